The monoisotopic (exact) mass is 347 g/mol. The number of carbonyl (C=O) groups is 2. The summed E-state index contributed by atoms with van der Waals surface area (Å²) in [6.07, 6.45) is 7.55. The molecule has 4 rings (SSSR count). The minimum absolute atomic E-state index is 0.176. The Kier molecular flexibility index (Phi) is 4.57. The summed E-state index contributed by atoms with van der Waals surface area (Å²) >= 11 is 1.67. The fourth-order valence-electron chi connectivity index (χ4n) is 3.55. The summed E-state index contributed by atoms with van der Waals surface area (Å²) in [4.78, 5) is 31.0. The summed E-state index contributed by atoms with van der Waals surface area (Å²) in [7, 11) is 0. The molecule has 0 spiro atoms. The number of carbonyl (C=O) groups excluding carboxylic acids is 2. The number of hydrogen-bond acceptors (Lipinski definition) is 4. The Balaban J connectivity index is 1.31. The van der Waals surface area contributed by atoms with E-state index in [-0.39, 0.29) is 11.8 Å². The van der Waals surface area contributed by atoms with Gasteiger partial charge in [-0.1, -0.05) is 6.42 Å². The lowest BCUT2D eigenvalue weighted by atomic mass is 9.85. The van der Waals surface area contributed by atoms with Crippen molar-refractivity contribution in [3.05, 3.63) is 16.1 Å². The van der Waals surface area contributed by atoms with Crippen LogP contribution in [0.3, 0.4) is 0 Å². The second-order valence-corrected chi connectivity index (χ2v) is 8.31. The molecule has 2 saturated carbocycles. The third-order valence-electron chi connectivity index (χ3n) is 5.50. The largest absolute Gasteiger partial charge is 0.350 e. The molecule has 3 aliphatic rings. The molecule has 0 aromatic carbocycles. The van der Waals surface area contributed by atoms with E-state index >= 15 is 0 Å². The topological polar surface area (TPSA) is 62.3 Å². The Morgan fingerprint density at radius 3 is 2.71 bits per heavy atom. The molecule has 1 aromatic rings. The van der Waals surface area contributed by atoms with E-state index in [0.29, 0.717) is 24.3 Å². The van der Waals surface area contributed by atoms with Gasteiger partial charge < -0.3 is 10.2 Å². The van der Waals surface area contributed by atoms with Gasteiger partial charge in [-0.2, -0.15) is 0 Å². The van der Waals surface area contributed by atoms with Gasteiger partial charge in [0.1, 0.15) is 0 Å². The zero-order valence-electron chi connectivity index (χ0n) is 14.0. The van der Waals surface area contributed by atoms with Gasteiger partial charge in [0, 0.05) is 36.2 Å². The van der Waals surface area contributed by atoms with Crippen LogP contribution in [0.5, 0.6) is 0 Å². The lowest BCUT2D eigenvalue weighted by Gasteiger charge is -2.32. The van der Waals surface area contributed by atoms with Crippen LogP contribution in [0.1, 0.15) is 61.6 Å². The zero-order valence-corrected chi connectivity index (χ0v) is 14.8. The van der Waals surface area contributed by atoms with Crippen molar-refractivity contribution in [1.29, 1.82) is 0 Å². The van der Waals surface area contributed by atoms with Gasteiger partial charge >= 0.3 is 0 Å². The predicted molar refractivity (Wildman–Crippen MR) is 92.6 cm³/mol. The fourth-order valence-corrected chi connectivity index (χ4v) is 4.50. The van der Waals surface area contributed by atoms with Gasteiger partial charge in [-0.15, -0.1) is 11.3 Å². The number of nitrogens with one attached hydrogen (secondary N) is 1. The van der Waals surface area contributed by atoms with Gasteiger partial charge in [-0.05, 0) is 38.5 Å². The maximum Gasteiger partial charge on any atom is 0.225 e. The molecule has 0 radical (unpaired) electrons. The van der Waals surface area contributed by atoms with Gasteiger partial charge in [0.25, 0.3) is 0 Å². The van der Waals surface area contributed by atoms with Crippen molar-refractivity contribution >= 4 is 23.2 Å². The molecular weight excluding hydrogens is 322 g/mol. The van der Waals surface area contributed by atoms with E-state index in [2.05, 4.69) is 10.7 Å². The number of aromatic nitrogens is 1. The van der Waals surface area contributed by atoms with Gasteiger partial charge in [0.05, 0.1) is 17.2 Å². The summed E-state index contributed by atoms with van der Waals surface area (Å²) in [5.74, 6) is 1.42. The molecular formula is C18H25N3O2S. The Bertz CT molecular complexity index is 622. The van der Waals surface area contributed by atoms with E-state index in [9.17, 15) is 9.59 Å². The molecule has 1 atom stereocenters. The highest BCUT2D eigenvalue weighted by Crippen LogP contribution is 2.35. The lowest BCUT2D eigenvalue weighted by Crippen LogP contribution is -2.39. The highest BCUT2D eigenvalue weighted by atomic mass is 32.1. The van der Waals surface area contributed by atoms with E-state index in [4.69, 9.17) is 4.98 Å². The normalized spacial score (nSPS) is 24.5. The van der Waals surface area contributed by atoms with Crippen LogP contribution in [-0.2, 0) is 16.1 Å². The van der Waals surface area contributed by atoms with Crippen molar-refractivity contribution in [2.75, 3.05) is 13.1 Å². The molecule has 130 valence electrons. The molecule has 0 bridgehead atoms. The van der Waals surface area contributed by atoms with Crippen molar-refractivity contribution in [3.63, 3.8) is 0 Å². The first-order valence-corrected chi connectivity index (χ1v) is 10.1. The summed E-state index contributed by atoms with van der Waals surface area (Å²) in [5.41, 5.74) is 0.952. The third kappa shape index (κ3) is 3.48. The van der Waals surface area contributed by atoms with E-state index in [1.165, 1.54) is 6.42 Å². The molecule has 2 heterocycles. The van der Waals surface area contributed by atoms with Crippen molar-refractivity contribution in [2.24, 2.45) is 11.8 Å². The summed E-state index contributed by atoms with van der Waals surface area (Å²) < 4.78 is 0. The molecule has 24 heavy (non-hydrogen) atoms. The van der Waals surface area contributed by atoms with Crippen LogP contribution >= 0.6 is 11.3 Å². The maximum absolute atomic E-state index is 12.3. The Morgan fingerprint density at radius 1 is 1.17 bits per heavy atom. The number of hydrogen-bond donors (Lipinski definition) is 1. The maximum atomic E-state index is 12.3. The molecule has 3 fully saturated rings. The number of nitrogens with zero attached hydrogens (tertiary/aromatic N) is 2. The minimum atomic E-state index is 0.176. The number of likely N-dealkylation sites (tertiary alicyclic amines) is 1. The third-order valence-corrected chi connectivity index (χ3v) is 6.55. The van der Waals surface area contributed by atoms with Crippen LogP contribution in [0, 0.1) is 11.8 Å². The second-order valence-electron chi connectivity index (χ2n) is 7.42. The molecule has 2 amide bonds. The quantitative estimate of drug-likeness (QED) is 0.891. The van der Waals surface area contributed by atoms with Crippen LogP contribution in [0.25, 0.3) is 0 Å². The standard InChI is InChI=1S/C18H25N3O2S/c22-16(12-3-1-4-12)19-9-15-11-24-17(20-15)14-5-2-8-21(10-14)18(23)13-6-7-13/h11-14H,1-10H2,(H,19,22)/t14-/m0/s1. The first-order chi connectivity index (χ1) is 11.7. The van der Waals surface area contributed by atoms with Crippen molar-refractivity contribution < 1.29 is 9.59 Å². The molecule has 1 aromatic heterocycles. The average Bonchev–Trinajstić information content (AvgIpc) is 3.29. The second kappa shape index (κ2) is 6.82. The lowest BCUT2D eigenvalue weighted by molar-refractivity contribution is -0.133. The fraction of sp³-hybridized carbons (Fsp3) is 0.722. The first-order valence-electron chi connectivity index (χ1n) is 9.21. The van der Waals surface area contributed by atoms with Crippen molar-refractivity contribution in [2.45, 2.75) is 57.4 Å². The number of thiazole rings is 1. The smallest absolute Gasteiger partial charge is 0.225 e. The predicted octanol–water partition coefficient (Wildman–Crippen LogP) is 2.68. The SMILES string of the molecule is O=C(NCc1csc([C@H]2CCCN(C(=O)C3CC3)C2)n1)C1CCC1. The first kappa shape index (κ1) is 16.1. The number of amides is 2. The summed E-state index contributed by atoms with van der Waals surface area (Å²) in [5, 5.41) is 6.18. The van der Waals surface area contributed by atoms with Crippen LogP contribution in [0.15, 0.2) is 5.38 Å². The molecule has 1 aliphatic heterocycles. The van der Waals surface area contributed by atoms with Crippen molar-refractivity contribution in [1.82, 2.24) is 15.2 Å². The summed E-state index contributed by atoms with van der Waals surface area (Å²) in [6, 6.07) is 0. The molecule has 0 unspecified atom stereocenters. The minimum Gasteiger partial charge on any atom is -0.350 e. The number of rotatable bonds is 5. The van der Waals surface area contributed by atoms with Crippen LogP contribution in [0.2, 0.25) is 0 Å². The van der Waals surface area contributed by atoms with Gasteiger partial charge in [0.15, 0.2) is 0 Å². The Hall–Kier alpha value is -1.43. The van der Waals surface area contributed by atoms with Crippen molar-refractivity contribution in [3.8, 4) is 0 Å². The Morgan fingerprint density at radius 2 is 2.00 bits per heavy atom. The average molecular weight is 347 g/mol. The highest BCUT2D eigenvalue weighted by Gasteiger charge is 2.36. The Labute approximate surface area is 146 Å². The van der Waals surface area contributed by atoms with E-state index in [1.54, 1.807) is 11.3 Å². The molecule has 6 heteroatoms. The van der Waals surface area contributed by atoms with Crippen LogP contribution < -0.4 is 5.32 Å². The number of piperidine rings is 1. The molecule has 2 aliphatic carbocycles. The van der Waals surface area contributed by atoms with Gasteiger partial charge in [-0.3, -0.25) is 9.59 Å². The molecule has 5 nitrogen and oxygen atoms in total. The van der Waals surface area contributed by atoms with Crippen LogP contribution in [0.4, 0.5) is 0 Å². The van der Waals surface area contributed by atoms with E-state index in [0.717, 1.165) is 62.3 Å². The van der Waals surface area contributed by atoms with E-state index < -0.39 is 0 Å². The molecule has 1 saturated heterocycles. The zero-order chi connectivity index (χ0) is 16.5. The highest BCUT2D eigenvalue weighted by molar-refractivity contribution is 7.09. The van der Waals surface area contributed by atoms with E-state index in [1.807, 2.05) is 4.90 Å². The van der Waals surface area contributed by atoms with Gasteiger partial charge in [0.2, 0.25) is 11.8 Å². The summed E-state index contributed by atoms with van der Waals surface area (Å²) in [6.45, 7) is 2.25. The molecule has 1 N–H and O–H groups in total. The van der Waals surface area contributed by atoms with Gasteiger partial charge in [-0.25, -0.2) is 4.98 Å². The van der Waals surface area contributed by atoms with Crippen LogP contribution in [-0.4, -0.2) is 34.8 Å².